The summed E-state index contributed by atoms with van der Waals surface area (Å²) in [5.41, 5.74) is 2.13. The molecule has 1 aromatic carbocycles. The molecule has 3 rings (SSSR count). The van der Waals surface area contributed by atoms with Crippen molar-refractivity contribution in [2.24, 2.45) is 22.7 Å². The molecule has 2 aliphatic carbocycles. The van der Waals surface area contributed by atoms with Crippen LogP contribution in [0.3, 0.4) is 0 Å². The Morgan fingerprint density at radius 1 is 1.19 bits per heavy atom. The number of fused-ring (bicyclic) bond motifs is 1. The lowest BCUT2D eigenvalue weighted by Gasteiger charge is -2.55. The van der Waals surface area contributed by atoms with Crippen LogP contribution in [0.4, 0.5) is 0 Å². The SMILES string of the molecule is CC1(C)CCC[C@@]2(C)C1CC=C(/C=C/C(=O)OCc1ccccc1)[C@@H]2C=O. The van der Waals surface area contributed by atoms with E-state index in [0.717, 1.165) is 36.7 Å². The number of hydrogen-bond acceptors (Lipinski definition) is 3. The number of hydrogen-bond donors (Lipinski definition) is 0. The van der Waals surface area contributed by atoms with Crippen molar-refractivity contribution in [3.05, 3.63) is 59.7 Å². The third-order valence-electron chi connectivity index (χ3n) is 6.71. The molecule has 1 fully saturated rings. The first kappa shape index (κ1) is 19.6. The molecule has 3 heteroatoms. The van der Waals surface area contributed by atoms with Crippen molar-refractivity contribution in [3.63, 3.8) is 0 Å². The van der Waals surface area contributed by atoms with Gasteiger partial charge in [0.25, 0.3) is 0 Å². The van der Waals surface area contributed by atoms with Crippen molar-refractivity contribution in [1.29, 1.82) is 0 Å². The van der Waals surface area contributed by atoms with Gasteiger partial charge in [0.15, 0.2) is 0 Å². The van der Waals surface area contributed by atoms with Crippen molar-refractivity contribution in [2.45, 2.75) is 53.1 Å². The highest BCUT2D eigenvalue weighted by Gasteiger charge is 2.52. The number of rotatable bonds is 5. The Hall–Kier alpha value is -2.16. The summed E-state index contributed by atoms with van der Waals surface area (Å²) in [5, 5.41) is 0. The summed E-state index contributed by atoms with van der Waals surface area (Å²) in [6.45, 7) is 7.17. The van der Waals surface area contributed by atoms with Crippen LogP contribution in [0.5, 0.6) is 0 Å². The standard InChI is InChI=1S/C24H30O3/c1-23(2)14-7-15-24(3)20(16-25)19(10-12-21(23)24)11-13-22(26)27-17-18-8-5-4-6-9-18/h4-6,8-11,13,16,20-21H,7,12,14-15,17H2,1-3H3/b13-11+/t20-,21?,24+/m0/s1. The van der Waals surface area contributed by atoms with Crippen molar-refractivity contribution >= 4 is 12.3 Å². The second kappa shape index (κ2) is 7.84. The van der Waals surface area contributed by atoms with Gasteiger partial charge in [0.2, 0.25) is 0 Å². The summed E-state index contributed by atoms with van der Waals surface area (Å²) >= 11 is 0. The molecule has 1 saturated carbocycles. The Bertz CT molecular complexity index is 744. The predicted molar refractivity (Wildman–Crippen MR) is 107 cm³/mol. The van der Waals surface area contributed by atoms with Crippen LogP contribution in [0.2, 0.25) is 0 Å². The van der Waals surface area contributed by atoms with Gasteiger partial charge in [-0.15, -0.1) is 0 Å². The molecule has 0 amide bonds. The second-order valence-electron chi connectivity index (χ2n) is 8.88. The smallest absolute Gasteiger partial charge is 0.331 e. The summed E-state index contributed by atoms with van der Waals surface area (Å²) in [5.74, 6) is -0.0363. The lowest BCUT2D eigenvalue weighted by Crippen LogP contribution is -2.49. The number of esters is 1. The van der Waals surface area contributed by atoms with Crippen LogP contribution in [0.1, 0.15) is 52.0 Å². The zero-order valence-electron chi connectivity index (χ0n) is 16.6. The third-order valence-corrected chi connectivity index (χ3v) is 6.71. The van der Waals surface area contributed by atoms with E-state index in [1.807, 2.05) is 30.3 Å². The maximum Gasteiger partial charge on any atom is 0.331 e. The molecular formula is C24H30O3. The summed E-state index contributed by atoms with van der Waals surface area (Å²) in [7, 11) is 0. The summed E-state index contributed by atoms with van der Waals surface area (Å²) in [6, 6.07) is 9.62. The lowest BCUT2D eigenvalue weighted by atomic mass is 9.49. The minimum absolute atomic E-state index is 0.0358. The quantitative estimate of drug-likeness (QED) is 0.405. The minimum atomic E-state index is -0.374. The first-order valence-electron chi connectivity index (χ1n) is 9.91. The van der Waals surface area contributed by atoms with Gasteiger partial charge >= 0.3 is 5.97 Å². The van der Waals surface area contributed by atoms with Crippen LogP contribution >= 0.6 is 0 Å². The fourth-order valence-electron chi connectivity index (χ4n) is 5.23. The molecule has 1 unspecified atom stereocenters. The Balaban J connectivity index is 1.70. The second-order valence-corrected chi connectivity index (χ2v) is 8.88. The molecule has 1 aromatic rings. The molecule has 144 valence electrons. The molecule has 0 bridgehead atoms. The van der Waals surface area contributed by atoms with E-state index < -0.39 is 0 Å². The monoisotopic (exact) mass is 366 g/mol. The number of carbonyl (C=O) groups excluding carboxylic acids is 2. The maximum absolute atomic E-state index is 12.1. The predicted octanol–water partition coefficient (Wildman–Crippen LogP) is 5.26. The van der Waals surface area contributed by atoms with Crippen molar-refractivity contribution in [3.8, 4) is 0 Å². The zero-order valence-corrected chi connectivity index (χ0v) is 16.6. The maximum atomic E-state index is 12.1. The third kappa shape index (κ3) is 4.07. The first-order valence-corrected chi connectivity index (χ1v) is 9.91. The molecule has 0 aliphatic heterocycles. The minimum Gasteiger partial charge on any atom is -0.458 e. The Labute approximate surface area is 162 Å². The fraction of sp³-hybridized carbons (Fsp3) is 0.500. The Morgan fingerprint density at radius 2 is 1.93 bits per heavy atom. The van der Waals surface area contributed by atoms with E-state index in [9.17, 15) is 9.59 Å². The van der Waals surface area contributed by atoms with E-state index in [-0.39, 0.29) is 29.3 Å². The van der Waals surface area contributed by atoms with Gasteiger partial charge < -0.3 is 9.53 Å². The molecule has 0 saturated heterocycles. The van der Waals surface area contributed by atoms with Gasteiger partial charge in [0, 0.05) is 12.0 Å². The summed E-state index contributed by atoms with van der Waals surface area (Å²) in [6.07, 6.45) is 10.9. The summed E-state index contributed by atoms with van der Waals surface area (Å²) in [4.78, 5) is 24.1. The zero-order chi connectivity index (χ0) is 19.5. The van der Waals surface area contributed by atoms with E-state index in [2.05, 4.69) is 26.8 Å². The highest BCUT2D eigenvalue weighted by molar-refractivity contribution is 5.83. The molecule has 0 spiro atoms. The molecule has 0 aromatic heterocycles. The van der Waals surface area contributed by atoms with Crippen molar-refractivity contribution in [2.75, 3.05) is 0 Å². The van der Waals surface area contributed by atoms with Gasteiger partial charge in [0.1, 0.15) is 12.9 Å². The van der Waals surface area contributed by atoms with Gasteiger partial charge in [-0.05, 0) is 47.1 Å². The van der Waals surface area contributed by atoms with Gasteiger partial charge in [-0.1, -0.05) is 69.7 Å². The number of ether oxygens (including phenoxy) is 1. The number of allylic oxidation sites excluding steroid dienone is 3. The normalized spacial score (nSPS) is 29.7. The highest BCUT2D eigenvalue weighted by atomic mass is 16.5. The van der Waals surface area contributed by atoms with Crippen LogP contribution in [0.15, 0.2) is 54.1 Å². The molecule has 2 aliphatic rings. The van der Waals surface area contributed by atoms with Crippen LogP contribution in [0, 0.1) is 22.7 Å². The van der Waals surface area contributed by atoms with Crippen molar-refractivity contribution in [1.82, 2.24) is 0 Å². The molecule has 0 N–H and O–H groups in total. The number of benzene rings is 1. The van der Waals surface area contributed by atoms with Gasteiger partial charge in [-0.3, -0.25) is 0 Å². The van der Waals surface area contributed by atoms with E-state index >= 15 is 0 Å². The average Bonchev–Trinajstić information content (AvgIpc) is 2.64. The average molecular weight is 367 g/mol. The lowest BCUT2D eigenvalue weighted by molar-refractivity contribution is -0.139. The Kier molecular flexibility index (Phi) is 5.69. The highest BCUT2D eigenvalue weighted by Crippen LogP contribution is 2.59. The van der Waals surface area contributed by atoms with E-state index in [1.54, 1.807) is 6.08 Å². The summed E-state index contributed by atoms with van der Waals surface area (Å²) < 4.78 is 5.31. The van der Waals surface area contributed by atoms with E-state index in [1.165, 1.54) is 12.5 Å². The van der Waals surface area contributed by atoms with Crippen LogP contribution in [-0.4, -0.2) is 12.3 Å². The number of carbonyl (C=O) groups is 2. The molecule has 27 heavy (non-hydrogen) atoms. The molecule has 0 heterocycles. The largest absolute Gasteiger partial charge is 0.458 e. The fourth-order valence-corrected chi connectivity index (χ4v) is 5.23. The van der Waals surface area contributed by atoms with Crippen LogP contribution in [0.25, 0.3) is 0 Å². The molecule has 0 radical (unpaired) electrons. The van der Waals surface area contributed by atoms with Gasteiger partial charge in [0.05, 0.1) is 0 Å². The van der Waals surface area contributed by atoms with Gasteiger partial charge in [-0.25, -0.2) is 4.79 Å². The van der Waals surface area contributed by atoms with E-state index in [0.29, 0.717) is 5.92 Å². The molecular weight excluding hydrogens is 336 g/mol. The topological polar surface area (TPSA) is 43.4 Å². The van der Waals surface area contributed by atoms with E-state index in [4.69, 9.17) is 4.74 Å². The Morgan fingerprint density at radius 3 is 2.63 bits per heavy atom. The molecule has 3 atom stereocenters. The van der Waals surface area contributed by atoms with Gasteiger partial charge in [-0.2, -0.15) is 0 Å². The molecule has 3 nitrogen and oxygen atoms in total. The van der Waals surface area contributed by atoms with Crippen molar-refractivity contribution < 1.29 is 14.3 Å². The number of aldehydes is 1. The van der Waals surface area contributed by atoms with Crippen LogP contribution < -0.4 is 0 Å². The first-order chi connectivity index (χ1) is 12.9. The van der Waals surface area contributed by atoms with Crippen LogP contribution in [-0.2, 0) is 20.9 Å².